The van der Waals surface area contributed by atoms with Crippen molar-refractivity contribution < 1.29 is 28.8 Å². The Balaban J connectivity index is 1.51. The zero-order valence-corrected chi connectivity index (χ0v) is 18.4. The van der Waals surface area contributed by atoms with E-state index in [1.54, 1.807) is 0 Å². The van der Waals surface area contributed by atoms with Crippen LogP contribution in [0, 0.1) is 12.3 Å². The molecular formula is C23H34O6. The highest BCUT2D eigenvalue weighted by Crippen LogP contribution is 2.35. The molecule has 1 aromatic carbocycles. The Morgan fingerprint density at radius 1 is 1.14 bits per heavy atom. The van der Waals surface area contributed by atoms with Gasteiger partial charge < -0.3 is 24.1 Å². The predicted octanol–water partition coefficient (Wildman–Crippen LogP) is 3.64. The summed E-state index contributed by atoms with van der Waals surface area (Å²) in [6, 6.07) is 3.92. The molecule has 0 spiro atoms. The molecule has 2 aliphatic rings. The first-order valence-electron chi connectivity index (χ1n) is 10.3. The summed E-state index contributed by atoms with van der Waals surface area (Å²) in [4.78, 5) is 12.3. The number of benzene rings is 1. The van der Waals surface area contributed by atoms with E-state index in [0.29, 0.717) is 25.4 Å². The smallest absolute Gasteiger partial charge is 0.306 e. The average Bonchev–Trinajstić information content (AvgIpc) is 3.38. The summed E-state index contributed by atoms with van der Waals surface area (Å²) in [6.45, 7) is 13.3. The number of rotatable bonds is 6. The standard InChI is InChI=1S/C23H34O6/c1-14-9-15(10-16(20(14)25)22(2,3)4)7-8-19(24)28-13-23(5,6)21-26-11-17-18(29-17)12-27-21/h9-10,17-18,21,25H,7-8,11-13H2,1-6H3. The van der Waals surface area contributed by atoms with E-state index in [4.69, 9.17) is 18.9 Å². The fourth-order valence-electron chi connectivity index (χ4n) is 3.56. The second-order valence-corrected chi connectivity index (χ2v) is 9.92. The summed E-state index contributed by atoms with van der Waals surface area (Å²) < 4.78 is 22.5. The fraction of sp³-hybridized carbons (Fsp3) is 0.696. The lowest BCUT2D eigenvalue weighted by Crippen LogP contribution is -2.39. The zero-order chi connectivity index (χ0) is 21.4. The molecule has 29 heavy (non-hydrogen) atoms. The molecule has 0 aliphatic carbocycles. The second kappa shape index (κ2) is 8.25. The second-order valence-electron chi connectivity index (χ2n) is 9.92. The first-order valence-corrected chi connectivity index (χ1v) is 10.3. The number of hydrogen-bond donors (Lipinski definition) is 1. The molecule has 2 heterocycles. The van der Waals surface area contributed by atoms with Crippen molar-refractivity contribution in [2.24, 2.45) is 5.41 Å². The maximum atomic E-state index is 12.3. The van der Waals surface area contributed by atoms with Crippen LogP contribution in [0.3, 0.4) is 0 Å². The van der Waals surface area contributed by atoms with E-state index in [-0.39, 0.29) is 36.6 Å². The van der Waals surface area contributed by atoms with E-state index < -0.39 is 11.7 Å². The molecule has 0 radical (unpaired) electrons. The normalized spacial score (nSPS) is 24.6. The minimum Gasteiger partial charge on any atom is -0.507 e. The highest BCUT2D eigenvalue weighted by molar-refractivity contribution is 5.69. The molecule has 2 aliphatic heterocycles. The highest BCUT2D eigenvalue weighted by Gasteiger charge is 2.45. The van der Waals surface area contributed by atoms with Gasteiger partial charge in [0.25, 0.3) is 0 Å². The van der Waals surface area contributed by atoms with Crippen LogP contribution in [0.2, 0.25) is 0 Å². The predicted molar refractivity (Wildman–Crippen MR) is 109 cm³/mol. The summed E-state index contributed by atoms with van der Waals surface area (Å²) in [5, 5.41) is 10.3. The number of ether oxygens (including phenoxy) is 4. The highest BCUT2D eigenvalue weighted by atomic mass is 16.7. The molecule has 6 heteroatoms. The van der Waals surface area contributed by atoms with Crippen LogP contribution in [0.5, 0.6) is 5.75 Å². The van der Waals surface area contributed by atoms with Gasteiger partial charge in [-0.25, -0.2) is 0 Å². The molecule has 1 aromatic rings. The zero-order valence-electron chi connectivity index (χ0n) is 18.4. The Bertz CT molecular complexity index is 736. The third kappa shape index (κ3) is 5.50. The maximum absolute atomic E-state index is 12.3. The van der Waals surface area contributed by atoms with Crippen molar-refractivity contribution in [2.75, 3.05) is 19.8 Å². The van der Waals surface area contributed by atoms with Crippen LogP contribution in [0.15, 0.2) is 12.1 Å². The Hall–Kier alpha value is -1.63. The van der Waals surface area contributed by atoms with Crippen LogP contribution >= 0.6 is 0 Å². The number of phenols is 1. The summed E-state index contributed by atoms with van der Waals surface area (Å²) in [7, 11) is 0. The molecule has 2 fully saturated rings. The number of carbonyl (C=O) groups is 1. The van der Waals surface area contributed by atoms with E-state index >= 15 is 0 Å². The van der Waals surface area contributed by atoms with Gasteiger partial charge in [0.05, 0.1) is 13.2 Å². The van der Waals surface area contributed by atoms with Crippen LogP contribution < -0.4 is 0 Å². The number of epoxide rings is 1. The van der Waals surface area contributed by atoms with Crippen molar-refractivity contribution in [1.82, 2.24) is 0 Å². The van der Waals surface area contributed by atoms with Crippen LogP contribution in [-0.2, 0) is 35.6 Å². The van der Waals surface area contributed by atoms with Gasteiger partial charge in [-0.15, -0.1) is 0 Å². The molecular weight excluding hydrogens is 372 g/mol. The molecule has 0 aromatic heterocycles. The van der Waals surface area contributed by atoms with Crippen molar-refractivity contribution in [3.63, 3.8) is 0 Å². The lowest BCUT2D eigenvalue weighted by Gasteiger charge is -2.32. The van der Waals surface area contributed by atoms with Crippen molar-refractivity contribution in [3.05, 3.63) is 28.8 Å². The number of hydrogen-bond acceptors (Lipinski definition) is 6. The van der Waals surface area contributed by atoms with Gasteiger partial charge in [0.1, 0.15) is 24.6 Å². The van der Waals surface area contributed by atoms with Gasteiger partial charge >= 0.3 is 5.97 Å². The number of carbonyl (C=O) groups excluding carboxylic acids is 1. The fourth-order valence-corrected chi connectivity index (χ4v) is 3.56. The number of esters is 1. The van der Waals surface area contributed by atoms with Gasteiger partial charge in [-0.05, 0) is 35.4 Å². The monoisotopic (exact) mass is 406 g/mol. The van der Waals surface area contributed by atoms with Crippen molar-refractivity contribution in [2.45, 2.75) is 78.3 Å². The molecule has 2 unspecified atom stereocenters. The lowest BCUT2D eigenvalue weighted by atomic mass is 9.83. The molecule has 0 amide bonds. The largest absolute Gasteiger partial charge is 0.507 e. The Morgan fingerprint density at radius 2 is 1.76 bits per heavy atom. The maximum Gasteiger partial charge on any atom is 0.306 e. The third-order valence-corrected chi connectivity index (χ3v) is 5.54. The number of aryl methyl sites for hydroxylation is 2. The van der Waals surface area contributed by atoms with Crippen molar-refractivity contribution in [1.29, 1.82) is 0 Å². The van der Waals surface area contributed by atoms with Crippen LogP contribution in [0.1, 0.15) is 57.7 Å². The van der Waals surface area contributed by atoms with Gasteiger partial charge in [0.2, 0.25) is 0 Å². The molecule has 2 saturated heterocycles. The number of phenolic OH excluding ortho intramolecular Hbond substituents is 1. The Morgan fingerprint density at radius 3 is 2.34 bits per heavy atom. The van der Waals surface area contributed by atoms with E-state index in [2.05, 4.69) is 20.8 Å². The minimum absolute atomic E-state index is 0.144. The first-order chi connectivity index (χ1) is 13.5. The molecule has 1 N–H and O–H groups in total. The summed E-state index contributed by atoms with van der Waals surface area (Å²) >= 11 is 0. The van der Waals surface area contributed by atoms with E-state index in [9.17, 15) is 9.90 Å². The minimum atomic E-state index is -0.443. The van der Waals surface area contributed by atoms with E-state index in [0.717, 1.165) is 16.7 Å². The van der Waals surface area contributed by atoms with Crippen molar-refractivity contribution in [3.8, 4) is 5.75 Å². The number of fused-ring (bicyclic) bond motifs is 1. The molecule has 162 valence electrons. The SMILES string of the molecule is Cc1cc(CCC(=O)OCC(C)(C)C2OCC3OC3CO2)cc(C(C)(C)C)c1O. The van der Waals surface area contributed by atoms with Crippen LogP contribution in [-0.4, -0.2) is 49.4 Å². The molecule has 6 nitrogen and oxygen atoms in total. The van der Waals surface area contributed by atoms with Crippen molar-refractivity contribution >= 4 is 5.97 Å². The quantitative estimate of drug-likeness (QED) is 0.574. The number of aromatic hydroxyl groups is 1. The van der Waals surface area contributed by atoms with E-state index in [1.165, 1.54) is 0 Å². The van der Waals surface area contributed by atoms with Gasteiger partial charge in [0.15, 0.2) is 6.29 Å². The van der Waals surface area contributed by atoms with Gasteiger partial charge in [-0.1, -0.05) is 46.8 Å². The summed E-state index contributed by atoms with van der Waals surface area (Å²) in [5.74, 6) is 0.0814. The first kappa shape index (κ1) is 22.1. The lowest BCUT2D eigenvalue weighted by molar-refractivity contribution is -0.211. The Kier molecular flexibility index (Phi) is 6.27. The van der Waals surface area contributed by atoms with Gasteiger partial charge in [-0.3, -0.25) is 4.79 Å². The summed E-state index contributed by atoms with van der Waals surface area (Å²) in [6.07, 6.45) is 0.727. The molecule has 0 bridgehead atoms. The average molecular weight is 407 g/mol. The molecule has 3 rings (SSSR count). The van der Waals surface area contributed by atoms with E-state index in [1.807, 2.05) is 32.9 Å². The van der Waals surface area contributed by atoms with Crippen LogP contribution in [0.4, 0.5) is 0 Å². The van der Waals surface area contributed by atoms with Crippen LogP contribution in [0.25, 0.3) is 0 Å². The Labute approximate surface area is 173 Å². The molecule has 0 saturated carbocycles. The topological polar surface area (TPSA) is 77.5 Å². The summed E-state index contributed by atoms with van der Waals surface area (Å²) in [5.41, 5.74) is 2.13. The van der Waals surface area contributed by atoms with Gasteiger partial charge in [0, 0.05) is 11.8 Å². The van der Waals surface area contributed by atoms with Gasteiger partial charge in [-0.2, -0.15) is 0 Å². The third-order valence-electron chi connectivity index (χ3n) is 5.54. The molecule has 2 atom stereocenters.